The SMILES string of the molecule is COc1cc(C=NNC(N)=O)ccc1OCC(=O)Nc1ccc(C(=O)O)cc1. The van der Waals surface area contributed by atoms with Gasteiger partial charge in [-0.3, -0.25) is 4.79 Å². The Labute approximate surface area is 159 Å². The molecule has 0 aliphatic heterocycles. The van der Waals surface area contributed by atoms with Crippen LogP contribution in [0.15, 0.2) is 47.6 Å². The summed E-state index contributed by atoms with van der Waals surface area (Å²) >= 11 is 0. The summed E-state index contributed by atoms with van der Waals surface area (Å²) in [5.41, 5.74) is 8.15. The molecule has 0 atom stereocenters. The van der Waals surface area contributed by atoms with E-state index in [1.165, 1.54) is 37.6 Å². The maximum absolute atomic E-state index is 12.0. The molecule has 0 aromatic heterocycles. The summed E-state index contributed by atoms with van der Waals surface area (Å²) in [6, 6.07) is 9.78. The maximum atomic E-state index is 12.0. The molecule has 2 aromatic carbocycles. The minimum atomic E-state index is -1.05. The van der Waals surface area contributed by atoms with Crippen LogP contribution in [0.4, 0.5) is 10.5 Å². The number of carboxylic acid groups (broad SMARTS) is 1. The number of carboxylic acids is 1. The van der Waals surface area contributed by atoms with Crippen molar-refractivity contribution in [3.63, 3.8) is 0 Å². The lowest BCUT2D eigenvalue weighted by molar-refractivity contribution is -0.118. The first-order valence-corrected chi connectivity index (χ1v) is 7.91. The van der Waals surface area contributed by atoms with Crippen LogP contribution in [0, 0.1) is 0 Å². The monoisotopic (exact) mass is 386 g/mol. The molecular formula is C18H18N4O6. The summed E-state index contributed by atoms with van der Waals surface area (Å²) in [5, 5.41) is 15.1. The Hall–Kier alpha value is -4.08. The molecule has 0 bridgehead atoms. The fourth-order valence-electron chi connectivity index (χ4n) is 2.09. The van der Waals surface area contributed by atoms with Gasteiger partial charge in [0.1, 0.15) is 0 Å². The van der Waals surface area contributed by atoms with Gasteiger partial charge >= 0.3 is 12.0 Å². The minimum absolute atomic E-state index is 0.119. The summed E-state index contributed by atoms with van der Waals surface area (Å²) in [6.45, 7) is -0.284. The second kappa shape index (κ2) is 9.57. The molecule has 2 aromatic rings. The molecule has 0 saturated carbocycles. The number of aromatic carboxylic acids is 1. The van der Waals surface area contributed by atoms with Gasteiger partial charge in [0.25, 0.3) is 5.91 Å². The number of urea groups is 1. The van der Waals surface area contributed by atoms with E-state index in [1.54, 1.807) is 18.2 Å². The normalized spacial score (nSPS) is 10.3. The number of hydrogen-bond acceptors (Lipinski definition) is 6. The van der Waals surface area contributed by atoms with E-state index in [9.17, 15) is 14.4 Å². The predicted molar refractivity (Wildman–Crippen MR) is 101 cm³/mol. The van der Waals surface area contributed by atoms with Crippen LogP contribution in [0.5, 0.6) is 11.5 Å². The van der Waals surface area contributed by atoms with Gasteiger partial charge in [0.15, 0.2) is 18.1 Å². The van der Waals surface area contributed by atoms with Crippen LogP contribution < -0.4 is 25.9 Å². The topological polar surface area (TPSA) is 152 Å². The second-order valence-electron chi connectivity index (χ2n) is 5.36. The number of rotatable bonds is 8. The van der Waals surface area contributed by atoms with Crippen LogP contribution in [-0.4, -0.2) is 42.9 Å². The number of hydrazone groups is 1. The lowest BCUT2D eigenvalue weighted by Gasteiger charge is -2.11. The van der Waals surface area contributed by atoms with Crippen LogP contribution >= 0.6 is 0 Å². The largest absolute Gasteiger partial charge is 0.493 e. The standard InChI is InChI=1S/C18H18N4O6/c1-27-15-8-11(9-20-22-18(19)26)2-7-14(15)28-10-16(23)21-13-5-3-12(4-6-13)17(24)25/h2-9H,10H2,1H3,(H,21,23)(H,24,25)(H3,19,22,26). The number of nitrogens with two attached hydrogens (primary N) is 1. The van der Waals surface area contributed by atoms with Crippen molar-refractivity contribution in [3.05, 3.63) is 53.6 Å². The molecule has 0 spiro atoms. The van der Waals surface area contributed by atoms with E-state index in [1.807, 2.05) is 0 Å². The second-order valence-corrected chi connectivity index (χ2v) is 5.36. The van der Waals surface area contributed by atoms with Crippen LogP contribution in [0.1, 0.15) is 15.9 Å². The molecule has 0 unspecified atom stereocenters. The average Bonchev–Trinajstić information content (AvgIpc) is 2.67. The molecular weight excluding hydrogens is 368 g/mol. The highest BCUT2D eigenvalue weighted by atomic mass is 16.5. The summed E-state index contributed by atoms with van der Waals surface area (Å²) < 4.78 is 10.7. The number of carbonyl (C=O) groups excluding carboxylic acids is 2. The highest BCUT2D eigenvalue weighted by Gasteiger charge is 2.09. The number of hydrogen-bond donors (Lipinski definition) is 4. The average molecular weight is 386 g/mol. The fraction of sp³-hybridized carbons (Fsp3) is 0.111. The molecule has 0 aliphatic rings. The summed E-state index contributed by atoms with van der Waals surface area (Å²) in [5.74, 6) is -0.783. The van der Waals surface area contributed by atoms with Crippen molar-refractivity contribution in [1.29, 1.82) is 0 Å². The van der Waals surface area contributed by atoms with Gasteiger partial charge in [-0.05, 0) is 48.0 Å². The van der Waals surface area contributed by atoms with Gasteiger partial charge in [0, 0.05) is 5.69 Å². The molecule has 146 valence electrons. The van der Waals surface area contributed by atoms with Crippen LogP contribution in [0.3, 0.4) is 0 Å². The van der Waals surface area contributed by atoms with E-state index in [0.717, 1.165) is 0 Å². The van der Waals surface area contributed by atoms with Crippen LogP contribution in [0.25, 0.3) is 0 Å². The quantitative estimate of drug-likeness (QED) is 0.397. The number of benzene rings is 2. The predicted octanol–water partition coefficient (Wildman–Crippen LogP) is 1.41. The molecule has 0 radical (unpaired) electrons. The number of ether oxygens (including phenoxy) is 2. The van der Waals surface area contributed by atoms with Crippen molar-refractivity contribution in [2.75, 3.05) is 19.0 Å². The Bertz CT molecular complexity index is 895. The summed E-state index contributed by atoms with van der Waals surface area (Å²) in [6.07, 6.45) is 1.37. The number of amides is 3. The van der Waals surface area contributed by atoms with Gasteiger partial charge in [-0.25, -0.2) is 15.0 Å². The van der Waals surface area contributed by atoms with E-state index in [2.05, 4.69) is 15.8 Å². The van der Waals surface area contributed by atoms with E-state index in [0.29, 0.717) is 22.7 Å². The Morgan fingerprint density at radius 2 is 1.86 bits per heavy atom. The molecule has 2 rings (SSSR count). The zero-order valence-corrected chi connectivity index (χ0v) is 14.8. The summed E-state index contributed by atoms with van der Waals surface area (Å²) in [4.78, 5) is 33.4. The van der Waals surface area contributed by atoms with Crippen LogP contribution in [0.2, 0.25) is 0 Å². The molecule has 28 heavy (non-hydrogen) atoms. The fourth-order valence-corrected chi connectivity index (χ4v) is 2.09. The van der Waals surface area contributed by atoms with Gasteiger partial charge < -0.3 is 25.6 Å². The molecule has 0 saturated heterocycles. The Kier molecular flexibility index (Phi) is 6.92. The zero-order valence-electron chi connectivity index (χ0n) is 14.8. The van der Waals surface area contributed by atoms with Gasteiger partial charge in [-0.15, -0.1) is 0 Å². The lowest BCUT2D eigenvalue weighted by atomic mass is 10.2. The number of nitrogens with zero attached hydrogens (tertiary/aromatic N) is 1. The molecule has 0 heterocycles. The minimum Gasteiger partial charge on any atom is -0.493 e. The molecule has 3 amide bonds. The lowest BCUT2D eigenvalue weighted by Crippen LogP contribution is -2.24. The van der Waals surface area contributed by atoms with Gasteiger partial charge in [0.2, 0.25) is 0 Å². The van der Waals surface area contributed by atoms with Crippen molar-refractivity contribution >= 4 is 29.8 Å². The van der Waals surface area contributed by atoms with Gasteiger partial charge in [-0.2, -0.15) is 5.10 Å². The highest BCUT2D eigenvalue weighted by Crippen LogP contribution is 2.27. The van der Waals surface area contributed by atoms with Crippen molar-refractivity contribution in [2.24, 2.45) is 10.8 Å². The van der Waals surface area contributed by atoms with E-state index in [-0.39, 0.29) is 12.2 Å². The summed E-state index contributed by atoms with van der Waals surface area (Å²) in [7, 11) is 1.44. The number of primary amides is 1. The van der Waals surface area contributed by atoms with Gasteiger partial charge in [0.05, 0.1) is 18.9 Å². The molecule has 10 heteroatoms. The van der Waals surface area contributed by atoms with Crippen molar-refractivity contribution in [3.8, 4) is 11.5 Å². The highest BCUT2D eigenvalue weighted by molar-refractivity contribution is 5.93. The smallest absolute Gasteiger partial charge is 0.335 e. The Morgan fingerprint density at radius 1 is 1.14 bits per heavy atom. The molecule has 0 aliphatic carbocycles. The van der Waals surface area contributed by atoms with Crippen molar-refractivity contribution in [1.82, 2.24) is 5.43 Å². The Balaban J connectivity index is 1.95. The number of nitrogens with one attached hydrogen (secondary N) is 2. The molecule has 5 N–H and O–H groups in total. The third kappa shape index (κ3) is 6.02. The Morgan fingerprint density at radius 3 is 2.46 bits per heavy atom. The van der Waals surface area contributed by atoms with Crippen LogP contribution in [-0.2, 0) is 4.79 Å². The zero-order chi connectivity index (χ0) is 20.5. The number of anilines is 1. The van der Waals surface area contributed by atoms with E-state index < -0.39 is 17.9 Å². The third-order valence-electron chi connectivity index (χ3n) is 3.35. The molecule has 0 fully saturated rings. The molecule has 10 nitrogen and oxygen atoms in total. The van der Waals surface area contributed by atoms with E-state index in [4.69, 9.17) is 20.3 Å². The first kappa shape index (κ1) is 20.2. The van der Waals surface area contributed by atoms with Gasteiger partial charge in [-0.1, -0.05) is 0 Å². The first-order chi connectivity index (χ1) is 13.4. The number of methoxy groups -OCH3 is 1. The van der Waals surface area contributed by atoms with E-state index >= 15 is 0 Å². The number of carbonyl (C=O) groups is 3. The van der Waals surface area contributed by atoms with Crippen molar-refractivity contribution < 1.29 is 29.0 Å². The third-order valence-corrected chi connectivity index (χ3v) is 3.35. The first-order valence-electron chi connectivity index (χ1n) is 7.91. The van der Waals surface area contributed by atoms with Crippen molar-refractivity contribution in [2.45, 2.75) is 0 Å². The maximum Gasteiger partial charge on any atom is 0.335 e.